The average molecular weight is 819 g/mol. The molecule has 4 heterocycles. The van der Waals surface area contributed by atoms with Crippen LogP contribution in [0.4, 0.5) is 0 Å². The van der Waals surface area contributed by atoms with Crippen LogP contribution in [0.1, 0.15) is 13.8 Å². The molecule has 0 spiro atoms. The van der Waals surface area contributed by atoms with Crippen molar-refractivity contribution in [1.29, 1.82) is 0 Å². The van der Waals surface area contributed by atoms with Gasteiger partial charge < -0.3 is 101 Å². The Morgan fingerprint density at radius 2 is 1.14 bits per heavy atom. The fraction of sp³-hybridized carbons (Fsp3) is 0.966. The van der Waals surface area contributed by atoms with E-state index in [-0.39, 0.29) is 32.7 Å². The van der Waals surface area contributed by atoms with Crippen LogP contribution in [0.5, 0.6) is 0 Å². The maximum Gasteiger partial charge on any atom is 0.217 e. The molecule has 13 N–H and O–H groups in total. The molecule has 0 aromatic carbocycles. The van der Waals surface area contributed by atoms with Gasteiger partial charge >= 0.3 is 0 Å². The second-order valence-corrected chi connectivity index (χ2v) is 12.8. The van der Waals surface area contributed by atoms with Gasteiger partial charge in [-0.1, -0.05) is 6.04 Å². The van der Waals surface area contributed by atoms with Gasteiger partial charge in [0.2, 0.25) is 5.91 Å². The number of methoxy groups -OCH3 is 1. The SMILES string of the molecule is CNC1C(OC2C(CO)OC(OC3C(CO)OC(C)C(NC(C)=O)C3O)C([NH-])C2O)OC(CO)C(OC2OC(CO)C(OC)C(O)C2N)C1O.[Y]. The van der Waals surface area contributed by atoms with Crippen molar-refractivity contribution in [3.8, 4) is 0 Å². The summed E-state index contributed by atoms with van der Waals surface area (Å²) in [6, 6.07) is -4.86. The number of nitrogens with two attached hydrogens (primary N) is 1. The van der Waals surface area contributed by atoms with Gasteiger partial charge in [0.25, 0.3) is 0 Å². The number of aliphatic hydroxyl groups excluding tert-OH is 8. The number of aliphatic hydroxyl groups is 8. The molecule has 22 heteroatoms. The Bertz CT molecular complexity index is 1070. The molecule has 0 aromatic rings. The average Bonchev–Trinajstić information content (AvgIpc) is 3.09. The van der Waals surface area contributed by atoms with Gasteiger partial charge in [-0.05, 0) is 14.0 Å². The second kappa shape index (κ2) is 20.1. The van der Waals surface area contributed by atoms with Gasteiger partial charge in [-0.25, -0.2) is 0 Å². The number of nitrogens with one attached hydrogen (secondary N) is 3. The van der Waals surface area contributed by atoms with E-state index in [1.807, 2.05) is 0 Å². The van der Waals surface area contributed by atoms with E-state index in [0.717, 1.165) is 0 Å². The number of carbonyl (C=O) groups is 1. The molecule has 295 valence electrons. The predicted molar refractivity (Wildman–Crippen MR) is 165 cm³/mol. The van der Waals surface area contributed by atoms with E-state index in [2.05, 4.69) is 10.6 Å². The summed E-state index contributed by atoms with van der Waals surface area (Å²) in [5, 5.41) is 89.8. The van der Waals surface area contributed by atoms with Crippen molar-refractivity contribution in [3.05, 3.63) is 5.73 Å². The van der Waals surface area contributed by atoms with Crippen molar-refractivity contribution in [2.24, 2.45) is 5.73 Å². The zero-order chi connectivity index (χ0) is 37.0. The first kappa shape index (κ1) is 45.2. The number of amides is 1. The van der Waals surface area contributed by atoms with Crippen LogP contribution in [0.3, 0.4) is 0 Å². The molecule has 51 heavy (non-hydrogen) atoms. The summed E-state index contributed by atoms with van der Waals surface area (Å²) in [5.74, 6) is -0.453. The molecule has 20 atom stereocenters. The molecule has 4 rings (SSSR count). The molecule has 4 aliphatic heterocycles. The maximum atomic E-state index is 11.7. The van der Waals surface area contributed by atoms with Crippen LogP contribution in [0.25, 0.3) is 5.73 Å². The summed E-state index contributed by atoms with van der Waals surface area (Å²) in [6.07, 6.45) is -20.9. The zero-order valence-electron chi connectivity index (χ0n) is 28.8. The van der Waals surface area contributed by atoms with E-state index in [1.165, 1.54) is 21.1 Å². The quantitative estimate of drug-likeness (QED) is 0.0823. The van der Waals surface area contributed by atoms with E-state index in [1.54, 1.807) is 6.92 Å². The summed E-state index contributed by atoms with van der Waals surface area (Å²) in [6.45, 7) is 0.233. The van der Waals surface area contributed by atoms with E-state index in [9.17, 15) is 45.6 Å². The van der Waals surface area contributed by atoms with Gasteiger partial charge in [-0.3, -0.25) is 4.79 Å². The van der Waals surface area contributed by atoms with Crippen molar-refractivity contribution < 1.29 is 116 Å². The number of likely N-dealkylation sites (N-methyl/N-ethyl adjacent to an activating group) is 1. The van der Waals surface area contributed by atoms with E-state index in [4.69, 9.17) is 49.4 Å². The molecular formula is C29H53N4O17Y-. The largest absolute Gasteiger partial charge is 0.668 e. The van der Waals surface area contributed by atoms with Crippen LogP contribution in [-0.2, 0) is 75.4 Å². The molecular weight excluding hydrogens is 765 g/mol. The molecule has 4 saturated heterocycles. The molecule has 21 nitrogen and oxygen atoms in total. The Hall–Kier alpha value is -0.186. The topological polar surface area (TPSA) is 327 Å². The molecule has 0 aliphatic carbocycles. The standard InChI is InChI=1S/C29H53N4O17.Y/c1-9-17(33-10(2)38)21(41)25(12(6-35)44-9)48-28-16(31)20(40)24(13(7-36)46-28)50-29-18(32-3)22(42)26(14(8-37)47-29)49-27-15(30)19(39)23(43-4)11(5-34)45-27;/h9,11-29,31-32,34-37,39-42H,5-8,30H2,1-4H3,(H,33,38);/q-1;. The van der Waals surface area contributed by atoms with Crippen molar-refractivity contribution in [1.82, 2.24) is 10.6 Å². The third-order valence-corrected chi connectivity index (χ3v) is 9.60. The minimum atomic E-state index is -1.72. The second-order valence-electron chi connectivity index (χ2n) is 12.8. The molecule has 0 bridgehead atoms. The fourth-order valence-electron chi connectivity index (χ4n) is 6.87. The van der Waals surface area contributed by atoms with Crippen LogP contribution in [-0.4, -0.2) is 210 Å². The molecule has 4 fully saturated rings. The van der Waals surface area contributed by atoms with Crippen LogP contribution < -0.4 is 16.4 Å². The molecule has 0 aromatic heterocycles. The fourth-order valence-corrected chi connectivity index (χ4v) is 6.87. The molecule has 1 radical (unpaired) electrons. The van der Waals surface area contributed by atoms with Crippen LogP contribution in [0, 0.1) is 0 Å². The molecule has 1 amide bonds. The van der Waals surface area contributed by atoms with E-state index in [0.29, 0.717) is 0 Å². The van der Waals surface area contributed by atoms with Gasteiger partial charge in [0, 0.05) is 46.7 Å². The Kier molecular flexibility index (Phi) is 17.8. The third kappa shape index (κ3) is 9.80. The van der Waals surface area contributed by atoms with Crippen molar-refractivity contribution in [2.45, 2.75) is 136 Å². The smallest absolute Gasteiger partial charge is 0.217 e. The monoisotopic (exact) mass is 818 g/mol. The molecule has 20 unspecified atom stereocenters. The van der Waals surface area contributed by atoms with Gasteiger partial charge in [0.15, 0.2) is 12.6 Å². The predicted octanol–water partition coefficient (Wildman–Crippen LogP) is -6.63. The Morgan fingerprint density at radius 1 is 0.706 bits per heavy atom. The van der Waals surface area contributed by atoms with Crippen molar-refractivity contribution in [3.63, 3.8) is 0 Å². The molecule has 0 saturated carbocycles. The number of hydrogen-bond donors (Lipinski definition) is 11. The minimum absolute atomic E-state index is 0. The first-order valence-corrected chi connectivity index (χ1v) is 16.4. The summed E-state index contributed by atoms with van der Waals surface area (Å²) in [4.78, 5) is 11.7. The number of rotatable bonds is 13. The summed E-state index contributed by atoms with van der Waals surface area (Å²) in [7, 11) is 2.77. The number of hydrogen-bond acceptors (Lipinski definition) is 19. The Morgan fingerprint density at radius 3 is 1.65 bits per heavy atom. The summed E-state index contributed by atoms with van der Waals surface area (Å²) < 4.78 is 46.2. The third-order valence-electron chi connectivity index (χ3n) is 9.60. The number of carbonyl (C=O) groups excluding carboxylic acids is 1. The number of ether oxygens (including phenoxy) is 8. The van der Waals surface area contributed by atoms with Crippen LogP contribution in [0.15, 0.2) is 0 Å². The summed E-state index contributed by atoms with van der Waals surface area (Å²) >= 11 is 0. The first-order valence-electron chi connectivity index (χ1n) is 16.4. The van der Waals surface area contributed by atoms with Gasteiger partial charge in [0.05, 0.1) is 56.8 Å². The zero-order valence-corrected chi connectivity index (χ0v) is 31.6. The minimum Gasteiger partial charge on any atom is -0.668 e. The van der Waals surface area contributed by atoms with Gasteiger partial charge in [0.1, 0.15) is 73.4 Å². The van der Waals surface area contributed by atoms with Crippen molar-refractivity contribution in [2.75, 3.05) is 40.6 Å². The summed E-state index contributed by atoms with van der Waals surface area (Å²) in [5.41, 5.74) is 14.8. The van der Waals surface area contributed by atoms with E-state index >= 15 is 0 Å². The van der Waals surface area contributed by atoms with Crippen molar-refractivity contribution >= 4 is 5.91 Å². The van der Waals surface area contributed by atoms with Gasteiger partial charge in [-0.2, -0.15) is 0 Å². The van der Waals surface area contributed by atoms with E-state index < -0.39 is 155 Å². The van der Waals surface area contributed by atoms with Crippen LogP contribution >= 0.6 is 0 Å². The Labute approximate surface area is 320 Å². The van der Waals surface area contributed by atoms with Crippen LogP contribution in [0.2, 0.25) is 0 Å². The molecule has 4 aliphatic rings. The normalized spacial score (nSPS) is 47.7. The van der Waals surface area contributed by atoms with Gasteiger partial charge in [-0.15, -0.1) is 0 Å². The maximum absolute atomic E-state index is 11.7. The first-order chi connectivity index (χ1) is 23.8. The Balaban J connectivity index is 0.00000702.